The van der Waals surface area contributed by atoms with Crippen molar-refractivity contribution in [2.75, 3.05) is 5.32 Å². The summed E-state index contributed by atoms with van der Waals surface area (Å²) in [6.07, 6.45) is -2.78. The van der Waals surface area contributed by atoms with Gasteiger partial charge in [-0.3, -0.25) is 0 Å². The number of aryl methyl sites for hydroxylation is 1. The van der Waals surface area contributed by atoms with Gasteiger partial charge < -0.3 is 14.6 Å². The Bertz CT molecular complexity index is 1300. The summed E-state index contributed by atoms with van der Waals surface area (Å²) in [5.74, 6) is 0.435. The third kappa shape index (κ3) is 4.14. The largest absolute Gasteiger partial charge is 0.457 e. The topological polar surface area (TPSA) is 75.8 Å². The number of allylic oxidation sites excluding steroid dienone is 2. The Morgan fingerprint density at radius 3 is 2.69 bits per heavy atom. The van der Waals surface area contributed by atoms with E-state index in [-0.39, 0.29) is 17.2 Å². The zero-order valence-electron chi connectivity index (χ0n) is 17.0. The van der Waals surface area contributed by atoms with Gasteiger partial charge in [-0.1, -0.05) is 0 Å². The van der Waals surface area contributed by atoms with Crippen molar-refractivity contribution in [2.24, 2.45) is 7.05 Å². The molecule has 1 N–H and O–H groups in total. The van der Waals surface area contributed by atoms with Crippen LogP contribution in [-0.2, 0) is 7.05 Å². The molecule has 2 aromatic heterocycles. The highest BCUT2D eigenvalue weighted by Crippen LogP contribution is 2.37. The van der Waals surface area contributed by atoms with E-state index in [2.05, 4.69) is 15.3 Å². The van der Waals surface area contributed by atoms with Crippen LogP contribution in [0.1, 0.15) is 19.0 Å². The number of halogens is 4. The molecule has 0 saturated carbocycles. The van der Waals surface area contributed by atoms with E-state index in [1.54, 1.807) is 35.9 Å². The highest BCUT2D eigenvalue weighted by Gasteiger charge is 2.38. The number of pyridine rings is 1. The molecule has 4 rings (SSSR count). The molecule has 1 aliphatic rings. The van der Waals surface area contributed by atoms with Gasteiger partial charge in [-0.2, -0.15) is 18.4 Å². The zero-order valence-corrected chi connectivity index (χ0v) is 17.0. The number of benzene rings is 1. The van der Waals surface area contributed by atoms with E-state index in [0.29, 0.717) is 22.5 Å². The number of aromatic nitrogens is 3. The molecule has 2 heterocycles. The van der Waals surface area contributed by atoms with E-state index in [9.17, 15) is 17.6 Å². The van der Waals surface area contributed by atoms with Gasteiger partial charge in [0.05, 0.1) is 17.1 Å². The van der Waals surface area contributed by atoms with Crippen molar-refractivity contribution in [1.82, 2.24) is 14.5 Å². The van der Waals surface area contributed by atoms with Gasteiger partial charge in [0.25, 0.3) is 0 Å². The van der Waals surface area contributed by atoms with E-state index in [0.717, 1.165) is 6.08 Å². The normalized spacial score (nSPS) is 16.7. The van der Waals surface area contributed by atoms with E-state index in [1.165, 1.54) is 19.2 Å². The number of hydrogen-bond acceptors (Lipinski definition) is 5. The van der Waals surface area contributed by atoms with Gasteiger partial charge >= 0.3 is 6.18 Å². The van der Waals surface area contributed by atoms with E-state index in [4.69, 9.17) is 10.00 Å². The van der Waals surface area contributed by atoms with Crippen LogP contribution in [0.25, 0.3) is 11.0 Å². The van der Waals surface area contributed by atoms with Crippen molar-refractivity contribution in [3.8, 4) is 17.6 Å². The second-order valence-electron chi connectivity index (χ2n) is 7.33. The number of ether oxygens (including phenoxy) is 1. The number of alkyl halides is 3. The first-order valence-electron chi connectivity index (χ1n) is 9.57. The van der Waals surface area contributed by atoms with Gasteiger partial charge in [0.2, 0.25) is 5.95 Å². The molecule has 0 aliphatic heterocycles. The second kappa shape index (κ2) is 8.00. The number of hydrogen-bond donors (Lipinski definition) is 1. The quantitative estimate of drug-likeness (QED) is 0.535. The summed E-state index contributed by atoms with van der Waals surface area (Å²) in [5, 5.41) is 11.7. The summed E-state index contributed by atoms with van der Waals surface area (Å²) >= 11 is 0. The van der Waals surface area contributed by atoms with Crippen molar-refractivity contribution < 1.29 is 22.3 Å². The zero-order chi connectivity index (χ0) is 23.0. The molecular formula is C22H17F4N5O. The minimum absolute atomic E-state index is 0.0652. The van der Waals surface area contributed by atoms with Crippen LogP contribution in [0.3, 0.4) is 0 Å². The predicted molar refractivity (Wildman–Crippen MR) is 110 cm³/mol. The van der Waals surface area contributed by atoms with Gasteiger partial charge in [0, 0.05) is 37.4 Å². The molecule has 1 aromatic carbocycles. The summed E-state index contributed by atoms with van der Waals surface area (Å²) < 4.78 is 61.5. The third-order valence-electron chi connectivity index (χ3n) is 5.10. The van der Waals surface area contributed by atoms with Gasteiger partial charge in [-0.05, 0) is 36.8 Å². The van der Waals surface area contributed by atoms with E-state index < -0.39 is 30.0 Å². The molecule has 1 atom stereocenters. The molecule has 0 saturated heterocycles. The molecule has 3 aromatic rings. The van der Waals surface area contributed by atoms with Crippen molar-refractivity contribution in [2.45, 2.75) is 25.6 Å². The highest BCUT2D eigenvalue weighted by molar-refractivity contribution is 5.80. The monoisotopic (exact) mass is 443 g/mol. The lowest BCUT2D eigenvalue weighted by molar-refractivity contribution is -0.0945. The van der Waals surface area contributed by atoms with Crippen LogP contribution in [0.2, 0.25) is 0 Å². The Balaban J connectivity index is 1.60. The number of nitriles is 1. The average Bonchev–Trinajstić information content (AvgIpc) is 3.05. The summed E-state index contributed by atoms with van der Waals surface area (Å²) in [4.78, 5) is 8.28. The number of anilines is 1. The van der Waals surface area contributed by atoms with Crippen molar-refractivity contribution in [3.63, 3.8) is 0 Å². The van der Waals surface area contributed by atoms with Crippen molar-refractivity contribution in [1.29, 1.82) is 5.26 Å². The average molecular weight is 443 g/mol. The molecule has 0 bridgehead atoms. The molecule has 0 radical (unpaired) electrons. The lowest BCUT2D eigenvalue weighted by Gasteiger charge is -2.25. The number of fused-ring (bicyclic) bond motifs is 1. The first-order valence-corrected chi connectivity index (χ1v) is 9.57. The molecular weight excluding hydrogens is 426 g/mol. The molecule has 1 aliphatic carbocycles. The molecule has 32 heavy (non-hydrogen) atoms. The first kappa shape index (κ1) is 21.4. The summed E-state index contributed by atoms with van der Waals surface area (Å²) in [6, 6.07) is 8.91. The van der Waals surface area contributed by atoms with Crippen LogP contribution in [0, 0.1) is 11.3 Å². The number of nitrogens with zero attached hydrogens (tertiary/aromatic N) is 4. The maximum atomic E-state index is 14.6. The Labute approximate surface area is 180 Å². The summed E-state index contributed by atoms with van der Waals surface area (Å²) in [6.45, 7) is 1.31. The number of imidazole rings is 1. The van der Waals surface area contributed by atoms with Gasteiger partial charge in [-0.15, -0.1) is 0 Å². The Hall–Kier alpha value is -3.87. The molecule has 6 nitrogen and oxygen atoms in total. The summed E-state index contributed by atoms with van der Waals surface area (Å²) in [5.41, 5.74) is 0.529. The Kier molecular flexibility index (Phi) is 5.34. The molecule has 0 fully saturated rings. The van der Waals surface area contributed by atoms with Gasteiger partial charge in [-0.25, -0.2) is 14.4 Å². The first-order chi connectivity index (χ1) is 15.2. The van der Waals surface area contributed by atoms with Crippen molar-refractivity contribution >= 4 is 17.0 Å². The van der Waals surface area contributed by atoms with Crippen LogP contribution < -0.4 is 10.1 Å². The lowest BCUT2D eigenvalue weighted by atomic mass is 9.94. The fourth-order valence-corrected chi connectivity index (χ4v) is 3.49. The molecule has 10 heteroatoms. The molecule has 164 valence electrons. The highest BCUT2D eigenvalue weighted by atomic mass is 19.4. The van der Waals surface area contributed by atoms with E-state index >= 15 is 0 Å². The Morgan fingerprint density at radius 2 is 1.97 bits per heavy atom. The van der Waals surface area contributed by atoms with Crippen LogP contribution >= 0.6 is 0 Å². The minimum atomic E-state index is -4.53. The van der Waals surface area contributed by atoms with Gasteiger partial charge in [0.1, 0.15) is 29.1 Å². The summed E-state index contributed by atoms with van der Waals surface area (Å²) in [7, 11) is 1.68. The van der Waals surface area contributed by atoms with Crippen LogP contribution in [0.4, 0.5) is 23.5 Å². The SMILES string of the molecule is CC1=C(F)C(Nc2nc3cc(Oc4ccnc(C#N)c4)ccc3n2C)CC(C(F)(F)F)=C1. The fraction of sp³-hybridized carbons (Fsp3) is 0.227. The second-order valence-corrected chi connectivity index (χ2v) is 7.33. The van der Waals surface area contributed by atoms with Gasteiger partial charge in [0.15, 0.2) is 0 Å². The van der Waals surface area contributed by atoms with Crippen LogP contribution in [0.15, 0.2) is 59.6 Å². The molecule has 0 amide bonds. The maximum Gasteiger partial charge on any atom is 0.412 e. The van der Waals surface area contributed by atoms with Crippen LogP contribution in [-0.4, -0.2) is 26.8 Å². The maximum absolute atomic E-state index is 14.6. The van der Waals surface area contributed by atoms with Crippen molar-refractivity contribution in [3.05, 3.63) is 65.3 Å². The standard InChI is InChI=1S/C22H17F4N5O/c1-12-7-13(22(24,25)26)8-18(20(12)23)30-21-29-17-10-15(3-4-19(17)31(21)2)32-16-5-6-28-14(9-16)11-27/h3-7,9-10,18H,8H2,1-2H3,(H,29,30). The molecule has 1 unspecified atom stereocenters. The predicted octanol–water partition coefficient (Wildman–Crippen LogP) is 5.55. The number of nitrogens with one attached hydrogen (secondary N) is 1. The Morgan fingerprint density at radius 1 is 1.22 bits per heavy atom. The smallest absolute Gasteiger partial charge is 0.412 e. The minimum Gasteiger partial charge on any atom is -0.457 e. The number of rotatable bonds is 4. The molecule has 0 spiro atoms. The fourth-order valence-electron chi connectivity index (χ4n) is 3.49. The third-order valence-corrected chi connectivity index (χ3v) is 5.10. The van der Waals surface area contributed by atoms with E-state index in [1.807, 2.05) is 6.07 Å². The van der Waals surface area contributed by atoms with Crippen LogP contribution in [0.5, 0.6) is 11.5 Å². The lowest BCUT2D eigenvalue weighted by Crippen LogP contribution is -2.29.